The van der Waals surface area contributed by atoms with Crippen LogP contribution in [-0.4, -0.2) is 22.5 Å². The molecular formula is C16H14N2O2. The molecule has 100 valence electrons. The maximum atomic E-state index is 12.0. The van der Waals surface area contributed by atoms with Crippen molar-refractivity contribution < 1.29 is 9.53 Å². The molecule has 4 heteroatoms. The maximum absolute atomic E-state index is 12.0. The Bertz CT molecular complexity index is 773. The number of hydrogen-bond acceptors (Lipinski definition) is 3. The zero-order chi connectivity index (χ0) is 14.1. The first-order valence-electron chi connectivity index (χ1n) is 6.33. The topological polar surface area (TPSA) is 43.6 Å². The van der Waals surface area contributed by atoms with Gasteiger partial charge in [0.05, 0.1) is 18.2 Å². The highest BCUT2D eigenvalue weighted by atomic mass is 16.5. The molecule has 0 aliphatic rings. The van der Waals surface area contributed by atoms with E-state index in [1.54, 1.807) is 18.5 Å². The predicted molar refractivity (Wildman–Crippen MR) is 77.2 cm³/mol. The Morgan fingerprint density at radius 1 is 1.15 bits per heavy atom. The molecule has 0 unspecified atom stereocenters. The minimum atomic E-state index is 0.0111. The Hall–Kier alpha value is -2.62. The van der Waals surface area contributed by atoms with Crippen molar-refractivity contribution in [2.45, 2.75) is 6.92 Å². The molecule has 0 bridgehead atoms. The van der Waals surface area contributed by atoms with Crippen LogP contribution in [0.5, 0.6) is 5.75 Å². The van der Waals surface area contributed by atoms with Gasteiger partial charge in [-0.05, 0) is 43.3 Å². The summed E-state index contributed by atoms with van der Waals surface area (Å²) >= 11 is 0. The van der Waals surface area contributed by atoms with Gasteiger partial charge < -0.3 is 4.74 Å². The smallest absolute Gasteiger partial charge is 0.164 e. The third-order valence-electron chi connectivity index (χ3n) is 3.26. The number of carbonyl (C=O) groups excluding carboxylic acids is 1. The Balaban J connectivity index is 2.23. The molecule has 0 fully saturated rings. The van der Waals surface area contributed by atoms with Gasteiger partial charge in [-0.15, -0.1) is 0 Å². The summed E-state index contributed by atoms with van der Waals surface area (Å²) < 4.78 is 6.88. The molecule has 2 heterocycles. The Labute approximate surface area is 116 Å². The molecule has 0 radical (unpaired) electrons. The van der Waals surface area contributed by atoms with Crippen molar-refractivity contribution in [1.29, 1.82) is 0 Å². The van der Waals surface area contributed by atoms with Crippen LogP contribution in [0.1, 0.15) is 17.3 Å². The van der Waals surface area contributed by atoms with Gasteiger partial charge in [-0.3, -0.25) is 4.79 Å². The molecule has 2 aromatic heterocycles. The third-order valence-corrected chi connectivity index (χ3v) is 3.26. The van der Waals surface area contributed by atoms with Crippen molar-refractivity contribution in [1.82, 2.24) is 9.61 Å². The number of aromatic nitrogens is 2. The largest absolute Gasteiger partial charge is 0.497 e. The lowest BCUT2D eigenvalue weighted by molar-refractivity contribution is 0.102. The van der Waals surface area contributed by atoms with Gasteiger partial charge >= 0.3 is 0 Å². The number of benzene rings is 1. The lowest BCUT2D eigenvalue weighted by atomic mass is 10.0. The van der Waals surface area contributed by atoms with Gasteiger partial charge in [0.1, 0.15) is 11.4 Å². The summed E-state index contributed by atoms with van der Waals surface area (Å²) in [4.78, 5) is 12.0. The SMILES string of the molecule is COc1ccc(-c2nn3ccccc3c2C(C)=O)cc1. The first kappa shape index (κ1) is 12.4. The summed E-state index contributed by atoms with van der Waals surface area (Å²) in [7, 11) is 1.63. The zero-order valence-corrected chi connectivity index (χ0v) is 11.3. The van der Waals surface area contributed by atoms with Crippen LogP contribution in [0, 0.1) is 0 Å². The number of hydrogen-bond donors (Lipinski definition) is 0. The fourth-order valence-corrected chi connectivity index (χ4v) is 2.30. The number of nitrogens with zero attached hydrogens (tertiary/aromatic N) is 2. The summed E-state index contributed by atoms with van der Waals surface area (Å²) in [5.41, 5.74) is 3.08. The third kappa shape index (κ3) is 1.95. The molecule has 0 amide bonds. The summed E-state index contributed by atoms with van der Waals surface area (Å²) in [6.45, 7) is 1.57. The number of pyridine rings is 1. The van der Waals surface area contributed by atoms with Crippen molar-refractivity contribution >= 4 is 11.3 Å². The molecule has 20 heavy (non-hydrogen) atoms. The summed E-state index contributed by atoms with van der Waals surface area (Å²) in [5, 5.41) is 4.51. The molecule has 0 aliphatic heterocycles. The molecule has 0 N–H and O–H groups in total. The standard InChI is InChI=1S/C16H14N2O2/c1-11(19)15-14-5-3-4-10-18(14)17-16(15)12-6-8-13(20-2)9-7-12/h3-10H,1-2H3. The Kier molecular flexibility index (Phi) is 2.99. The number of fused-ring (bicyclic) bond motifs is 1. The van der Waals surface area contributed by atoms with Gasteiger partial charge in [-0.1, -0.05) is 6.07 Å². The van der Waals surface area contributed by atoms with Crippen molar-refractivity contribution in [2.75, 3.05) is 7.11 Å². The zero-order valence-electron chi connectivity index (χ0n) is 11.3. The predicted octanol–water partition coefficient (Wildman–Crippen LogP) is 3.21. The molecule has 1 aromatic carbocycles. The number of ether oxygens (including phenoxy) is 1. The number of Topliss-reactive ketones (excluding diaryl/α,β-unsaturated/α-hetero) is 1. The minimum Gasteiger partial charge on any atom is -0.497 e. The number of carbonyl (C=O) groups is 1. The van der Waals surface area contributed by atoms with Crippen LogP contribution in [0.3, 0.4) is 0 Å². The van der Waals surface area contributed by atoms with Crippen molar-refractivity contribution in [3.05, 3.63) is 54.2 Å². The Morgan fingerprint density at radius 2 is 1.90 bits per heavy atom. The monoisotopic (exact) mass is 266 g/mol. The van der Waals surface area contributed by atoms with Crippen LogP contribution in [0.4, 0.5) is 0 Å². The van der Waals surface area contributed by atoms with E-state index in [1.165, 1.54) is 0 Å². The highest BCUT2D eigenvalue weighted by molar-refractivity contribution is 6.06. The van der Waals surface area contributed by atoms with E-state index in [0.29, 0.717) is 11.3 Å². The molecule has 0 aliphatic carbocycles. The second-order valence-corrected chi connectivity index (χ2v) is 4.54. The van der Waals surface area contributed by atoms with Gasteiger partial charge in [-0.25, -0.2) is 4.52 Å². The van der Waals surface area contributed by atoms with E-state index in [4.69, 9.17) is 4.74 Å². The fraction of sp³-hybridized carbons (Fsp3) is 0.125. The van der Waals surface area contributed by atoms with E-state index in [9.17, 15) is 4.79 Å². The Morgan fingerprint density at radius 3 is 2.55 bits per heavy atom. The van der Waals surface area contributed by atoms with Crippen LogP contribution in [-0.2, 0) is 0 Å². The van der Waals surface area contributed by atoms with Crippen LogP contribution in [0.15, 0.2) is 48.7 Å². The molecular weight excluding hydrogens is 252 g/mol. The van der Waals surface area contributed by atoms with Crippen molar-refractivity contribution in [2.24, 2.45) is 0 Å². The molecule has 3 aromatic rings. The van der Waals surface area contributed by atoms with Crippen LogP contribution < -0.4 is 4.74 Å². The summed E-state index contributed by atoms with van der Waals surface area (Å²) in [6.07, 6.45) is 1.84. The van der Waals surface area contributed by atoms with Gasteiger partial charge in [0.25, 0.3) is 0 Å². The van der Waals surface area contributed by atoms with Crippen molar-refractivity contribution in [3.8, 4) is 17.0 Å². The van der Waals surface area contributed by atoms with E-state index in [-0.39, 0.29) is 5.78 Å². The highest BCUT2D eigenvalue weighted by Gasteiger charge is 2.17. The number of ketones is 1. The number of rotatable bonds is 3. The van der Waals surface area contributed by atoms with E-state index < -0.39 is 0 Å². The average Bonchev–Trinajstić information content (AvgIpc) is 2.86. The molecule has 0 spiro atoms. The van der Waals surface area contributed by atoms with Crippen LogP contribution in [0.2, 0.25) is 0 Å². The van der Waals surface area contributed by atoms with E-state index in [0.717, 1.165) is 16.8 Å². The van der Waals surface area contributed by atoms with Crippen LogP contribution >= 0.6 is 0 Å². The first-order valence-corrected chi connectivity index (χ1v) is 6.33. The van der Waals surface area contributed by atoms with Gasteiger partial charge in [0.15, 0.2) is 5.78 Å². The number of methoxy groups -OCH3 is 1. The van der Waals surface area contributed by atoms with Gasteiger partial charge in [0, 0.05) is 11.8 Å². The lowest BCUT2D eigenvalue weighted by Gasteiger charge is -2.02. The summed E-state index contributed by atoms with van der Waals surface area (Å²) in [6, 6.07) is 13.2. The highest BCUT2D eigenvalue weighted by Crippen LogP contribution is 2.27. The fourth-order valence-electron chi connectivity index (χ4n) is 2.30. The molecule has 0 atom stereocenters. The van der Waals surface area contributed by atoms with E-state index >= 15 is 0 Å². The van der Waals surface area contributed by atoms with Gasteiger partial charge in [-0.2, -0.15) is 5.10 Å². The maximum Gasteiger partial charge on any atom is 0.164 e. The minimum absolute atomic E-state index is 0.0111. The summed E-state index contributed by atoms with van der Waals surface area (Å²) in [5.74, 6) is 0.791. The second-order valence-electron chi connectivity index (χ2n) is 4.54. The molecule has 3 rings (SSSR count). The molecule has 0 saturated heterocycles. The molecule has 4 nitrogen and oxygen atoms in total. The van der Waals surface area contributed by atoms with E-state index in [2.05, 4.69) is 5.10 Å². The lowest BCUT2D eigenvalue weighted by Crippen LogP contribution is -1.94. The van der Waals surface area contributed by atoms with E-state index in [1.807, 2.05) is 48.7 Å². The normalized spacial score (nSPS) is 10.7. The first-order chi connectivity index (χ1) is 9.70. The second kappa shape index (κ2) is 4.81. The molecule has 0 saturated carbocycles. The average molecular weight is 266 g/mol. The quantitative estimate of drug-likeness (QED) is 0.684. The van der Waals surface area contributed by atoms with Crippen molar-refractivity contribution in [3.63, 3.8) is 0 Å². The van der Waals surface area contributed by atoms with Gasteiger partial charge in [0.2, 0.25) is 0 Å². The van der Waals surface area contributed by atoms with Crippen LogP contribution in [0.25, 0.3) is 16.8 Å².